The lowest BCUT2D eigenvalue weighted by atomic mass is 9.52. The van der Waals surface area contributed by atoms with E-state index < -0.39 is 10.8 Å². The molecule has 11 aromatic carbocycles. The van der Waals surface area contributed by atoms with Gasteiger partial charge in [-0.1, -0.05) is 261 Å². The fourth-order valence-corrected chi connectivity index (χ4v) is 12.9. The Morgan fingerprint density at radius 3 is 0.946 bits per heavy atom. The second-order valence-electron chi connectivity index (χ2n) is 19.8. The second-order valence-corrected chi connectivity index (χ2v) is 19.8. The molecule has 344 valence electrons. The van der Waals surface area contributed by atoms with Crippen LogP contribution >= 0.6 is 0 Å². The molecule has 3 aliphatic rings. The van der Waals surface area contributed by atoms with Gasteiger partial charge in [0.05, 0.1) is 10.8 Å². The first kappa shape index (κ1) is 42.1. The maximum Gasteiger partial charge on any atom is 0.164 e. The van der Waals surface area contributed by atoms with Crippen LogP contribution in [0.3, 0.4) is 0 Å². The van der Waals surface area contributed by atoms with Crippen LogP contribution in [0.2, 0.25) is 0 Å². The van der Waals surface area contributed by atoms with E-state index in [1.54, 1.807) is 0 Å². The van der Waals surface area contributed by atoms with Crippen LogP contribution in [0.25, 0.3) is 89.8 Å². The van der Waals surface area contributed by atoms with E-state index in [0.29, 0.717) is 17.5 Å². The van der Waals surface area contributed by atoms with Crippen LogP contribution in [-0.2, 0) is 10.8 Å². The summed E-state index contributed by atoms with van der Waals surface area (Å²) >= 11 is 0. The van der Waals surface area contributed by atoms with Crippen molar-refractivity contribution in [1.29, 1.82) is 0 Å². The van der Waals surface area contributed by atoms with Crippen LogP contribution in [0.4, 0.5) is 0 Å². The standard InChI is InChI=1S/C71H45N3/c1-3-18-46(19-4-1)47-34-36-48(37-35-47)52-22-17-23-54(44-52)69-73-67(50-20-5-2-6-21-50)72-68(74-69)51-40-38-49(39-41-51)53-42-43-65-66(45-53)71(61-30-13-9-26-57(61)58-27-10-14-31-62(58)71)64-33-16-15-32-63(64)70(65)59-28-11-7-24-55(59)56-25-8-12-29-60(56)70/h1-45H. The molecular weight excluding hydrogens is 895 g/mol. The van der Waals surface area contributed by atoms with Crippen LogP contribution in [0.15, 0.2) is 273 Å². The highest BCUT2D eigenvalue weighted by molar-refractivity contribution is 5.94. The Bertz CT molecular complexity index is 4090. The Balaban J connectivity index is 0.881. The zero-order valence-electron chi connectivity index (χ0n) is 40.3. The number of rotatable bonds is 6. The van der Waals surface area contributed by atoms with Gasteiger partial charge >= 0.3 is 0 Å². The fourth-order valence-electron chi connectivity index (χ4n) is 12.9. The molecule has 74 heavy (non-hydrogen) atoms. The Morgan fingerprint density at radius 2 is 0.459 bits per heavy atom. The van der Waals surface area contributed by atoms with Gasteiger partial charge in [-0.2, -0.15) is 0 Å². The van der Waals surface area contributed by atoms with Gasteiger partial charge in [0.15, 0.2) is 17.5 Å². The van der Waals surface area contributed by atoms with Gasteiger partial charge in [-0.3, -0.25) is 0 Å². The second kappa shape index (κ2) is 16.5. The topological polar surface area (TPSA) is 38.7 Å². The zero-order chi connectivity index (χ0) is 48.8. The van der Waals surface area contributed by atoms with Crippen molar-refractivity contribution in [1.82, 2.24) is 15.0 Å². The predicted octanol–water partition coefficient (Wildman–Crippen LogP) is 16.9. The Morgan fingerprint density at radius 1 is 0.176 bits per heavy atom. The van der Waals surface area contributed by atoms with E-state index in [9.17, 15) is 0 Å². The van der Waals surface area contributed by atoms with Crippen LogP contribution in [-0.4, -0.2) is 15.0 Å². The Kier molecular flexibility index (Phi) is 9.39. The van der Waals surface area contributed by atoms with Gasteiger partial charge in [0.1, 0.15) is 0 Å². The molecule has 0 radical (unpaired) electrons. The lowest BCUT2D eigenvalue weighted by molar-refractivity contribution is 0.633. The Hall–Kier alpha value is -9.57. The first-order chi connectivity index (χ1) is 36.7. The van der Waals surface area contributed by atoms with Gasteiger partial charge in [-0.05, 0) is 112 Å². The highest BCUT2D eigenvalue weighted by Gasteiger charge is 2.59. The minimum absolute atomic E-state index is 0.529. The van der Waals surface area contributed by atoms with Crippen molar-refractivity contribution < 1.29 is 0 Å². The van der Waals surface area contributed by atoms with Crippen molar-refractivity contribution in [2.45, 2.75) is 10.8 Å². The van der Waals surface area contributed by atoms with E-state index in [2.05, 4.69) is 255 Å². The minimum Gasteiger partial charge on any atom is -0.208 e. The molecule has 0 saturated heterocycles. The number of nitrogens with zero attached hydrogens (tertiary/aromatic N) is 3. The van der Waals surface area contributed by atoms with E-state index in [-0.39, 0.29) is 0 Å². The molecule has 3 nitrogen and oxygen atoms in total. The molecule has 0 unspecified atom stereocenters. The molecule has 0 fully saturated rings. The molecule has 0 aliphatic heterocycles. The maximum atomic E-state index is 5.22. The van der Waals surface area contributed by atoms with Gasteiger partial charge < -0.3 is 0 Å². The first-order valence-electron chi connectivity index (χ1n) is 25.5. The van der Waals surface area contributed by atoms with E-state index in [0.717, 1.165) is 38.9 Å². The van der Waals surface area contributed by atoms with Gasteiger partial charge in [-0.25, -0.2) is 15.0 Å². The van der Waals surface area contributed by atoms with Gasteiger partial charge in [0, 0.05) is 16.7 Å². The number of fused-ring (bicyclic) bond motifs is 16. The van der Waals surface area contributed by atoms with Crippen LogP contribution in [0.1, 0.15) is 44.5 Å². The van der Waals surface area contributed by atoms with Gasteiger partial charge in [0.25, 0.3) is 0 Å². The maximum absolute atomic E-state index is 5.22. The molecule has 15 rings (SSSR count). The van der Waals surface area contributed by atoms with E-state index >= 15 is 0 Å². The number of hydrogen-bond acceptors (Lipinski definition) is 3. The fraction of sp³-hybridized carbons (Fsp3) is 0.0282. The minimum atomic E-state index is -0.565. The first-order valence-corrected chi connectivity index (χ1v) is 25.5. The molecule has 0 amide bonds. The van der Waals surface area contributed by atoms with Crippen molar-refractivity contribution in [3.05, 3.63) is 317 Å². The van der Waals surface area contributed by atoms with Crippen molar-refractivity contribution in [3.63, 3.8) is 0 Å². The average molecular weight is 940 g/mol. The van der Waals surface area contributed by atoms with Gasteiger partial charge in [-0.15, -0.1) is 0 Å². The van der Waals surface area contributed by atoms with Crippen LogP contribution < -0.4 is 0 Å². The predicted molar refractivity (Wildman–Crippen MR) is 301 cm³/mol. The van der Waals surface area contributed by atoms with Crippen molar-refractivity contribution >= 4 is 0 Å². The highest BCUT2D eigenvalue weighted by Crippen LogP contribution is 2.67. The van der Waals surface area contributed by atoms with Crippen molar-refractivity contribution in [2.75, 3.05) is 0 Å². The summed E-state index contributed by atoms with van der Waals surface area (Å²) in [5, 5.41) is 0. The third kappa shape index (κ3) is 6.11. The molecule has 0 bridgehead atoms. The molecule has 2 spiro atoms. The summed E-state index contributed by atoms with van der Waals surface area (Å²) in [6.07, 6.45) is 0. The number of benzene rings is 11. The molecule has 0 saturated carbocycles. The summed E-state index contributed by atoms with van der Waals surface area (Å²) in [6.45, 7) is 0. The summed E-state index contributed by atoms with van der Waals surface area (Å²) in [5.74, 6) is 1.88. The van der Waals surface area contributed by atoms with Gasteiger partial charge in [0.2, 0.25) is 0 Å². The molecule has 3 aliphatic carbocycles. The smallest absolute Gasteiger partial charge is 0.164 e. The summed E-state index contributed by atoms with van der Waals surface area (Å²) in [5.41, 5.74) is 24.4. The summed E-state index contributed by atoms with van der Waals surface area (Å²) in [4.78, 5) is 15.5. The monoisotopic (exact) mass is 939 g/mol. The SMILES string of the molecule is c1ccc(-c2ccc(-c3cccc(-c4nc(-c5ccccc5)nc(-c5ccc(-c6ccc7c(c6)C6(c8ccccc8-c8ccccc86)c6ccccc6C76c7ccccc7-c7ccccc76)cc5)n4)c3)cc2)cc1. The third-order valence-corrected chi connectivity index (χ3v) is 16.1. The normalized spacial score (nSPS) is 13.6. The van der Waals surface area contributed by atoms with Crippen LogP contribution in [0.5, 0.6) is 0 Å². The molecule has 12 aromatic rings. The van der Waals surface area contributed by atoms with E-state index in [4.69, 9.17) is 15.0 Å². The van der Waals surface area contributed by atoms with Crippen molar-refractivity contribution in [2.24, 2.45) is 0 Å². The zero-order valence-corrected chi connectivity index (χ0v) is 40.3. The molecule has 1 aromatic heterocycles. The largest absolute Gasteiger partial charge is 0.208 e. The highest BCUT2D eigenvalue weighted by atomic mass is 15.0. The number of aromatic nitrogens is 3. The summed E-state index contributed by atoms with van der Waals surface area (Å²) < 4.78 is 0. The summed E-state index contributed by atoms with van der Waals surface area (Å²) in [6, 6.07) is 99.8. The lowest BCUT2D eigenvalue weighted by Crippen LogP contribution is -2.43. The molecule has 3 heteroatoms. The van der Waals surface area contributed by atoms with Crippen LogP contribution in [0, 0.1) is 0 Å². The van der Waals surface area contributed by atoms with E-state index in [1.807, 2.05) is 18.2 Å². The Labute approximate surface area is 430 Å². The van der Waals surface area contributed by atoms with E-state index in [1.165, 1.54) is 77.9 Å². The molecule has 1 heterocycles. The summed E-state index contributed by atoms with van der Waals surface area (Å²) in [7, 11) is 0. The molecule has 0 atom stereocenters. The number of hydrogen-bond donors (Lipinski definition) is 0. The molecular formula is C71H45N3. The lowest BCUT2D eigenvalue weighted by Gasteiger charge is -2.49. The third-order valence-electron chi connectivity index (χ3n) is 16.1. The molecule has 0 N–H and O–H groups in total. The van der Waals surface area contributed by atoms with Crippen molar-refractivity contribution in [3.8, 4) is 89.8 Å². The average Bonchev–Trinajstić information content (AvgIpc) is 3.95. The quantitative estimate of drug-likeness (QED) is 0.167.